The van der Waals surface area contributed by atoms with Crippen molar-refractivity contribution in [3.63, 3.8) is 0 Å². The zero-order valence-electron chi connectivity index (χ0n) is 9.66. The van der Waals surface area contributed by atoms with Crippen molar-refractivity contribution in [1.82, 2.24) is 4.98 Å². The smallest absolute Gasteiger partial charge is 0.226 e. The molecule has 4 heteroatoms. The Morgan fingerprint density at radius 3 is 2.82 bits per heavy atom. The molecule has 0 radical (unpaired) electrons. The molecule has 0 atom stereocenters. The van der Waals surface area contributed by atoms with Crippen molar-refractivity contribution in [2.45, 2.75) is 20.3 Å². The van der Waals surface area contributed by atoms with Gasteiger partial charge in [0.25, 0.3) is 0 Å². The number of oxazole rings is 1. The van der Waals surface area contributed by atoms with Crippen LogP contribution in [-0.2, 0) is 11.2 Å². The number of aromatic nitrogens is 1. The van der Waals surface area contributed by atoms with Gasteiger partial charge in [0.2, 0.25) is 5.89 Å². The Bertz CT molecular complexity index is 540. The fraction of sp³-hybridized carbons (Fsp3) is 0.231. The molecular weight excluding hydrogens is 282 g/mol. The van der Waals surface area contributed by atoms with E-state index in [9.17, 15) is 4.79 Å². The first kappa shape index (κ1) is 12.0. The van der Waals surface area contributed by atoms with Crippen LogP contribution in [0.2, 0.25) is 0 Å². The second-order valence-corrected chi connectivity index (χ2v) is 4.96. The maximum Gasteiger partial charge on any atom is 0.226 e. The van der Waals surface area contributed by atoms with Crippen LogP contribution in [0.4, 0.5) is 0 Å². The van der Waals surface area contributed by atoms with E-state index in [0.717, 1.165) is 15.6 Å². The van der Waals surface area contributed by atoms with E-state index in [1.165, 1.54) is 13.2 Å². The van der Waals surface area contributed by atoms with Crippen LogP contribution in [-0.4, -0.2) is 10.8 Å². The first-order valence-corrected chi connectivity index (χ1v) is 6.05. The Hall–Kier alpha value is -1.42. The summed E-state index contributed by atoms with van der Waals surface area (Å²) in [5.74, 6) is 0.626. The number of rotatable bonds is 3. The van der Waals surface area contributed by atoms with Crippen LogP contribution in [0.1, 0.15) is 18.2 Å². The van der Waals surface area contributed by atoms with Crippen molar-refractivity contribution in [2.24, 2.45) is 0 Å². The van der Waals surface area contributed by atoms with Crippen molar-refractivity contribution >= 4 is 21.7 Å². The van der Waals surface area contributed by atoms with Gasteiger partial charge in [-0.3, -0.25) is 4.79 Å². The lowest BCUT2D eigenvalue weighted by Crippen LogP contribution is -1.96. The summed E-state index contributed by atoms with van der Waals surface area (Å²) < 4.78 is 6.36. The molecule has 3 nitrogen and oxygen atoms in total. The third-order valence-electron chi connectivity index (χ3n) is 2.27. The van der Waals surface area contributed by atoms with Gasteiger partial charge in [-0.25, -0.2) is 4.98 Å². The molecule has 17 heavy (non-hydrogen) atoms. The van der Waals surface area contributed by atoms with Crippen molar-refractivity contribution in [2.75, 3.05) is 0 Å². The number of ketones is 1. The van der Waals surface area contributed by atoms with E-state index in [4.69, 9.17) is 4.42 Å². The van der Waals surface area contributed by atoms with Gasteiger partial charge in [0.15, 0.2) is 0 Å². The summed E-state index contributed by atoms with van der Waals surface area (Å²) in [5.41, 5.74) is 2.71. The Morgan fingerprint density at radius 2 is 2.18 bits per heavy atom. The second kappa shape index (κ2) is 4.84. The predicted molar refractivity (Wildman–Crippen MR) is 68.8 cm³/mol. The molecule has 88 valence electrons. The molecule has 0 spiro atoms. The molecule has 1 heterocycles. The highest BCUT2D eigenvalue weighted by molar-refractivity contribution is 9.10. The van der Waals surface area contributed by atoms with Crippen LogP contribution in [0.15, 0.2) is 33.4 Å². The lowest BCUT2D eigenvalue weighted by molar-refractivity contribution is -0.116. The van der Waals surface area contributed by atoms with E-state index in [0.29, 0.717) is 18.0 Å². The Kier molecular flexibility index (Phi) is 3.43. The van der Waals surface area contributed by atoms with E-state index in [2.05, 4.69) is 20.9 Å². The molecule has 0 N–H and O–H groups in total. The van der Waals surface area contributed by atoms with Gasteiger partial charge >= 0.3 is 0 Å². The minimum Gasteiger partial charge on any atom is -0.444 e. The summed E-state index contributed by atoms with van der Waals surface area (Å²) in [5, 5.41) is 0. The number of hydrogen-bond acceptors (Lipinski definition) is 3. The quantitative estimate of drug-likeness (QED) is 0.869. The van der Waals surface area contributed by atoms with E-state index in [1.54, 1.807) is 0 Å². The zero-order chi connectivity index (χ0) is 12.4. The molecule has 0 aliphatic carbocycles. The second-order valence-electron chi connectivity index (χ2n) is 4.04. The summed E-state index contributed by atoms with van der Waals surface area (Å²) in [6.07, 6.45) is 1.85. The summed E-state index contributed by atoms with van der Waals surface area (Å²) in [6, 6.07) is 5.95. The predicted octanol–water partition coefficient (Wildman–Crippen LogP) is 3.54. The molecule has 0 saturated carbocycles. The summed E-state index contributed by atoms with van der Waals surface area (Å²) in [4.78, 5) is 15.3. The van der Waals surface area contributed by atoms with E-state index >= 15 is 0 Å². The summed E-state index contributed by atoms with van der Waals surface area (Å²) >= 11 is 3.43. The molecule has 0 saturated heterocycles. The highest BCUT2D eigenvalue weighted by Crippen LogP contribution is 2.24. The largest absolute Gasteiger partial charge is 0.444 e. The Labute approximate surface area is 108 Å². The number of nitrogens with zero attached hydrogens (tertiary/aromatic N) is 1. The first-order chi connectivity index (χ1) is 8.04. The number of carbonyl (C=O) groups excluding carboxylic acids is 1. The van der Waals surface area contributed by atoms with E-state index < -0.39 is 0 Å². The molecule has 2 rings (SSSR count). The third-order valence-corrected chi connectivity index (χ3v) is 2.73. The van der Waals surface area contributed by atoms with Crippen LogP contribution in [0.25, 0.3) is 11.5 Å². The molecule has 0 aliphatic heterocycles. The number of halogens is 1. The lowest BCUT2D eigenvalue weighted by Gasteiger charge is -1.99. The lowest BCUT2D eigenvalue weighted by atomic mass is 10.1. The first-order valence-electron chi connectivity index (χ1n) is 5.26. The molecule has 0 unspecified atom stereocenters. The number of hydrogen-bond donors (Lipinski definition) is 0. The van der Waals surface area contributed by atoms with Crippen LogP contribution < -0.4 is 0 Å². The molecular formula is C13H12BrNO2. The van der Waals surface area contributed by atoms with E-state index in [-0.39, 0.29) is 5.78 Å². The van der Waals surface area contributed by atoms with Gasteiger partial charge in [-0.2, -0.15) is 0 Å². The fourth-order valence-corrected chi connectivity index (χ4v) is 2.24. The average Bonchev–Trinajstić information content (AvgIpc) is 2.63. The molecule has 1 aromatic heterocycles. The van der Waals surface area contributed by atoms with Gasteiger partial charge in [0, 0.05) is 10.0 Å². The maximum atomic E-state index is 11.0. The van der Waals surface area contributed by atoms with Crippen LogP contribution in [0, 0.1) is 6.92 Å². The molecule has 0 amide bonds. The monoisotopic (exact) mass is 293 g/mol. The van der Waals surface area contributed by atoms with Crippen LogP contribution >= 0.6 is 15.9 Å². The van der Waals surface area contributed by atoms with Crippen molar-refractivity contribution in [3.05, 3.63) is 40.2 Å². The standard InChI is InChI=1S/C13H12BrNO2/c1-8-3-10(6-11(14)4-8)13-15-12(7-17-13)5-9(2)16/h3-4,6-7H,5H2,1-2H3. The number of aryl methyl sites for hydroxylation is 1. The maximum absolute atomic E-state index is 11.0. The fourth-order valence-electron chi connectivity index (χ4n) is 1.64. The van der Waals surface area contributed by atoms with Gasteiger partial charge in [-0.05, 0) is 37.6 Å². The molecule has 2 aromatic rings. The van der Waals surface area contributed by atoms with Gasteiger partial charge < -0.3 is 4.42 Å². The molecule has 0 bridgehead atoms. The third kappa shape index (κ3) is 3.03. The average molecular weight is 294 g/mol. The summed E-state index contributed by atoms with van der Waals surface area (Å²) in [7, 11) is 0. The van der Waals surface area contributed by atoms with Crippen molar-refractivity contribution in [1.29, 1.82) is 0 Å². The SMILES string of the molecule is CC(=O)Cc1coc(-c2cc(C)cc(Br)c2)n1. The van der Waals surface area contributed by atoms with E-state index in [1.807, 2.05) is 25.1 Å². The van der Waals surface area contributed by atoms with Crippen molar-refractivity contribution in [3.8, 4) is 11.5 Å². The van der Waals surface area contributed by atoms with Crippen molar-refractivity contribution < 1.29 is 9.21 Å². The number of benzene rings is 1. The topological polar surface area (TPSA) is 43.1 Å². The number of carbonyl (C=O) groups is 1. The molecule has 0 fully saturated rings. The minimum absolute atomic E-state index is 0.0790. The van der Waals surface area contributed by atoms with Gasteiger partial charge in [0.05, 0.1) is 12.1 Å². The molecule has 1 aromatic carbocycles. The summed E-state index contributed by atoms with van der Waals surface area (Å²) in [6.45, 7) is 3.55. The number of Topliss-reactive ketones (excluding diaryl/α,β-unsaturated/α-hetero) is 1. The van der Waals surface area contributed by atoms with Crippen LogP contribution in [0.3, 0.4) is 0 Å². The highest BCUT2D eigenvalue weighted by Gasteiger charge is 2.09. The highest BCUT2D eigenvalue weighted by atomic mass is 79.9. The Morgan fingerprint density at radius 1 is 1.41 bits per heavy atom. The molecule has 0 aliphatic rings. The van der Waals surface area contributed by atoms with Gasteiger partial charge in [0.1, 0.15) is 12.0 Å². The zero-order valence-corrected chi connectivity index (χ0v) is 11.2. The normalized spacial score (nSPS) is 10.5. The van der Waals surface area contributed by atoms with Crippen LogP contribution in [0.5, 0.6) is 0 Å². The minimum atomic E-state index is 0.0790. The Balaban J connectivity index is 2.33. The van der Waals surface area contributed by atoms with Gasteiger partial charge in [-0.1, -0.05) is 15.9 Å². The van der Waals surface area contributed by atoms with Gasteiger partial charge in [-0.15, -0.1) is 0 Å².